The van der Waals surface area contributed by atoms with Gasteiger partial charge in [0.15, 0.2) is 5.78 Å². The maximum atomic E-state index is 13.4. The lowest BCUT2D eigenvalue weighted by Gasteiger charge is -2.27. The number of carbonyl (C=O) groups is 1. The number of hydrogen-bond acceptors (Lipinski definition) is 2. The zero-order valence-corrected chi connectivity index (χ0v) is 12.2. The summed E-state index contributed by atoms with van der Waals surface area (Å²) in [7, 11) is 0. The first kappa shape index (κ1) is 14.8. The van der Waals surface area contributed by atoms with Gasteiger partial charge in [-0.3, -0.25) is 4.79 Å². The van der Waals surface area contributed by atoms with E-state index >= 15 is 0 Å². The van der Waals surface area contributed by atoms with Crippen molar-refractivity contribution in [2.24, 2.45) is 5.92 Å². The van der Waals surface area contributed by atoms with Gasteiger partial charge in [0.05, 0.1) is 10.0 Å². The number of hydrogen-bond donors (Lipinski definition) is 1. The number of Topliss-reactive ketones (excluding diaryl/α,β-unsaturated/α-hetero) is 1. The van der Waals surface area contributed by atoms with Crippen LogP contribution < -0.4 is 5.32 Å². The predicted octanol–water partition coefficient (Wildman–Crippen LogP) is 4.09. The minimum absolute atomic E-state index is 0.0639. The van der Waals surface area contributed by atoms with E-state index in [1.54, 1.807) is 0 Å². The molecule has 19 heavy (non-hydrogen) atoms. The molecule has 0 aliphatic carbocycles. The van der Waals surface area contributed by atoms with Crippen molar-refractivity contribution in [1.82, 2.24) is 5.32 Å². The number of piperidine rings is 1. The van der Waals surface area contributed by atoms with Gasteiger partial charge in [0, 0.05) is 18.0 Å². The Morgan fingerprint density at radius 1 is 1.42 bits per heavy atom. The van der Waals surface area contributed by atoms with Gasteiger partial charge in [-0.1, -0.05) is 30.1 Å². The maximum Gasteiger partial charge on any atom is 0.166 e. The molecule has 1 fully saturated rings. The first-order chi connectivity index (χ1) is 8.97. The highest BCUT2D eigenvalue weighted by molar-refractivity contribution is 6.36. The first-order valence-electron chi connectivity index (χ1n) is 6.38. The Hall–Kier alpha value is -0.640. The Morgan fingerprint density at radius 2 is 2.16 bits per heavy atom. The molecule has 1 aromatic rings. The largest absolute Gasteiger partial charge is 0.314 e. The minimum Gasteiger partial charge on any atom is -0.314 e. The summed E-state index contributed by atoms with van der Waals surface area (Å²) in [6.45, 7) is 3.09. The number of ketones is 1. The maximum absolute atomic E-state index is 13.4. The van der Waals surface area contributed by atoms with Crippen LogP contribution in [-0.4, -0.2) is 18.4 Å². The molecule has 0 radical (unpaired) electrons. The van der Waals surface area contributed by atoms with Crippen molar-refractivity contribution in [3.05, 3.63) is 33.6 Å². The van der Waals surface area contributed by atoms with Crippen LogP contribution in [0.1, 0.15) is 36.5 Å². The molecule has 104 valence electrons. The summed E-state index contributed by atoms with van der Waals surface area (Å²) in [6.07, 6.45) is 2.42. The standard InChI is InChI=1S/C14H16Cl2FNO/c1-8-2-3-18-9(4-8)5-14(19)10-6-13(17)12(16)7-11(10)15/h6-9,18H,2-5H2,1H3. The van der Waals surface area contributed by atoms with Gasteiger partial charge < -0.3 is 5.32 Å². The molecule has 0 spiro atoms. The second-order valence-corrected chi connectivity index (χ2v) is 5.97. The average Bonchev–Trinajstić information content (AvgIpc) is 2.33. The quantitative estimate of drug-likeness (QED) is 0.673. The summed E-state index contributed by atoms with van der Waals surface area (Å²) >= 11 is 11.6. The van der Waals surface area contributed by atoms with Gasteiger partial charge in [0.25, 0.3) is 0 Å². The van der Waals surface area contributed by atoms with Crippen molar-refractivity contribution < 1.29 is 9.18 Å². The lowest BCUT2D eigenvalue weighted by Crippen LogP contribution is -2.38. The summed E-state index contributed by atoms with van der Waals surface area (Å²) in [5.74, 6) is -0.150. The molecule has 1 heterocycles. The topological polar surface area (TPSA) is 29.1 Å². The van der Waals surface area contributed by atoms with E-state index in [2.05, 4.69) is 12.2 Å². The Morgan fingerprint density at radius 3 is 2.84 bits per heavy atom. The summed E-state index contributed by atoms with van der Waals surface area (Å²) in [6, 6.07) is 2.55. The molecular formula is C14H16Cl2FNO. The molecule has 0 amide bonds. The molecule has 2 rings (SSSR count). The minimum atomic E-state index is -0.612. The summed E-state index contributed by atoms with van der Waals surface area (Å²) in [5, 5.41) is 3.46. The van der Waals surface area contributed by atoms with Crippen molar-refractivity contribution in [1.29, 1.82) is 0 Å². The molecule has 1 N–H and O–H groups in total. The van der Waals surface area contributed by atoms with E-state index in [-0.39, 0.29) is 27.4 Å². The van der Waals surface area contributed by atoms with Gasteiger partial charge in [0.2, 0.25) is 0 Å². The van der Waals surface area contributed by atoms with Gasteiger partial charge in [-0.15, -0.1) is 0 Å². The van der Waals surface area contributed by atoms with Crippen molar-refractivity contribution in [3.8, 4) is 0 Å². The van der Waals surface area contributed by atoms with E-state index in [0.29, 0.717) is 12.3 Å². The van der Waals surface area contributed by atoms with Crippen LogP contribution in [0.5, 0.6) is 0 Å². The van der Waals surface area contributed by atoms with Crippen LogP contribution in [-0.2, 0) is 0 Å². The van der Waals surface area contributed by atoms with E-state index in [0.717, 1.165) is 25.5 Å². The van der Waals surface area contributed by atoms with Crippen molar-refractivity contribution in [3.63, 3.8) is 0 Å². The number of halogens is 3. The highest BCUT2D eigenvalue weighted by atomic mass is 35.5. The van der Waals surface area contributed by atoms with E-state index in [9.17, 15) is 9.18 Å². The normalized spacial score (nSPS) is 23.4. The van der Waals surface area contributed by atoms with Crippen molar-refractivity contribution in [2.45, 2.75) is 32.2 Å². The molecule has 2 atom stereocenters. The highest BCUT2D eigenvalue weighted by Gasteiger charge is 2.23. The summed E-state index contributed by atoms with van der Waals surface area (Å²) < 4.78 is 13.4. The fourth-order valence-corrected chi connectivity index (χ4v) is 2.93. The van der Waals surface area contributed by atoms with Crippen LogP contribution in [0.25, 0.3) is 0 Å². The summed E-state index contributed by atoms with van der Waals surface area (Å²) in [5.41, 5.74) is 0.212. The second-order valence-electron chi connectivity index (χ2n) is 5.15. The zero-order chi connectivity index (χ0) is 14.0. The van der Waals surface area contributed by atoms with Crippen LogP contribution >= 0.6 is 23.2 Å². The van der Waals surface area contributed by atoms with Crippen LogP contribution in [0, 0.1) is 11.7 Å². The van der Waals surface area contributed by atoms with E-state index in [1.165, 1.54) is 6.07 Å². The SMILES string of the molecule is CC1CCNC(CC(=O)c2cc(F)c(Cl)cc2Cl)C1. The fraction of sp³-hybridized carbons (Fsp3) is 0.500. The van der Waals surface area contributed by atoms with Crippen LogP contribution in [0.3, 0.4) is 0 Å². The lowest BCUT2D eigenvalue weighted by molar-refractivity contribution is 0.0958. The zero-order valence-electron chi connectivity index (χ0n) is 10.7. The second kappa shape index (κ2) is 6.21. The Bertz CT molecular complexity index is 493. The number of rotatable bonds is 3. The Kier molecular flexibility index (Phi) is 4.82. The highest BCUT2D eigenvalue weighted by Crippen LogP contribution is 2.26. The van der Waals surface area contributed by atoms with Crippen LogP contribution in [0.4, 0.5) is 4.39 Å². The molecule has 2 nitrogen and oxygen atoms in total. The molecule has 2 unspecified atom stereocenters. The molecule has 0 aromatic heterocycles. The molecule has 1 aromatic carbocycles. The van der Waals surface area contributed by atoms with Gasteiger partial charge in [-0.25, -0.2) is 4.39 Å². The number of benzene rings is 1. The third-order valence-electron chi connectivity index (χ3n) is 3.50. The van der Waals surface area contributed by atoms with Gasteiger partial charge in [-0.2, -0.15) is 0 Å². The molecular weight excluding hydrogens is 288 g/mol. The monoisotopic (exact) mass is 303 g/mol. The smallest absolute Gasteiger partial charge is 0.166 e. The third kappa shape index (κ3) is 3.68. The van der Waals surface area contributed by atoms with Crippen LogP contribution in [0.15, 0.2) is 12.1 Å². The van der Waals surface area contributed by atoms with Crippen molar-refractivity contribution >= 4 is 29.0 Å². The Balaban J connectivity index is 2.09. The molecule has 0 bridgehead atoms. The van der Waals surface area contributed by atoms with E-state index < -0.39 is 5.82 Å². The lowest BCUT2D eigenvalue weighted by atomic mass is 9.90. The average molecular weight is 304 g/mol. The molecule has 1 aliphatic rings. The molecule has 1 aliphatic heterocycles. The third-order valence-corrected chi connectivity index (χ3v) is 4.10. The van der Waals surface area contributed by atoms with E-state index in [1.807, 2.05) is 0 Å². The van der Waals surface area contributed by atoms with Gasteiger partial charge in [0.1, 0.15) is 5.82 Å². The Labute approximate surface area is 122 Å². The van der Waals surface area contributed by atoms with Gasteiger partial charge in [-0.05, 0) is 37.4 Å². The summed E-state index contributed by atoms with van der Waals surface area (Å²) in [4.78, 5) is 12.2. The van der Waals surface area contributed by atoms with Crippen LogP contribution in [0.2, 0.25) is 10.0 Å². The molecule has 1 saturated heterocycles. The fourth-order valence-electron chi connectivity index (χ4n) is 2.45. The van der Waals surface area contributed by atoms with Gasteiger partial charge >= 0.3 is 0 Å². The van der Waals surface area contributed by atoms with Crippen molar-refractivity contribution in [2.75, 3.05) is 6.54 Å². The molecule has 5 heteroatoms. The number of nitrogens with one attached hydrogen (secondary N) is 1. The number of carbonyl (C=O) groups excluding carboxylic acids is 1. The first-order valence-corrected chi connectivity index (χ1v) is 7.14. The molecule has 0 saturated carbocycles. The predicted molar refractivity (Wildman–Crippen MR) is 75.6 cm³/mol. The van der Waals surface area contributed by atoms with E-state index in [4.69, 9.17) is 23.2 Å².